The zero-order valence-electron chi connectivity index (χ0n) is 20.7. The summed E-state index contributed by atoms with van der Waals surface area (Å²) in [5.74, 6) is 0.885. The smallest absolute Gasteiger partial charge is 0.328 e. The van der Waals surface area contributed by atoms with Gasteiger partial charge in [-0.2, -0.15) is 0 Å². The number of rotatable bonds is 10. The molecule has 1 saturated heterocycles. The number of amides is 1. The van der Waals surface area contributed by atoms with Gasteiger partial charge in [-0.1, -0.05) is 19.3 Å². The molecule has 1 saturated carbocycles. The Morgan fingerprint density at radius 3 is 2.21 bits per heavy atom. The van der Waals surface area contributed by atoms with Gasteiger partial charge in [-0.15, -0.1) is 0 Å². The van der Waals surface area contributed by atoms with Gasteiger partial charge in [0.05, 0.1) is 33.9 Å². The van der Waals surface area contributed by atoms with E-state index >= 15 is 0 Å². The van der Waals surface area contributed by atoms with Crippen LogP contribution in [0, 0.1) is 5.92 Å². The van der Waals surface area contributed by atoms with Gasteiger partial charge in [0.25, 0.3) is 0 Å². The van der Waals surface area contributed by atoms with Crippen molar-refractivity contribution in [1.29, 1.82) is 0 Å². The Hall–Kier alpha value is -2.48. The third-order valence-corrected chi connectivity index (χ3v) is 7.04. The summed E-state index contributed by atoms with van der Waals surface area (Å²) in [5, 5.41) is 9.01. The Bertz CT molecular complexity index is 796. The quantitative estimate of drug-likeness (QED) is 0.406. The first-order chi connectivity index (χ1) is 16.5. The van der Waals surface area contributed by atoms with Crippen molar-refractivity contribution in [2.45, 2.75) is 69.7 Å². The maximum Gasteiger partial charge on any atom is 0.328 e. The van der Waals surface area contributed by atoms with E-state index in [1.165, 1.54) is 6.42 Å². The molecule has 1 aromatic rings. The van der Waals surface area contributed by atoms with Gasteiger partial charge in [0.2, 0.25) is 11.7 Å². The van der Waals surface area contributed by atoms with E-state index in [4.69, 9.17) is 24.1 Å². The Morgan fingerprint density at radius 2 is 1.62 bits per heavy atom. The Kier molecular flexibility index (Phi) is 9.86. The maximum atomic E-state index is 14.2. The lowest BCUT2D eigenvalue weighted by Gasteiger charge is -2.39. The average molecular weight is 478 g/mol. The molecule has 0 bridgehead atoms. The number of benzene rings is 1. The molecule has 2 aliphatic rings. The molecule has 8 heteroatoms. The molecule has 1 heterocycles. The Balaban J connectivity index is 1.97. The number of ether oxygens (including phenoxy) is 4. The predicted octanol–water partition coefficient (Wildman–Crippen LogP) is 3.68. The lowest BCUT2D eigenvalue weighted by atomic mass is 9.75. The summed E-state index contributed by atoms with van der Waals surface area (Å²) in [5.41, 5.74) is 0.823. The molecule has 3 rings (SSSR count). The second-order valence-corrected chi connectivity index (χ2v) is 9.12. The van der Waals surface area contributed by atoms with Crippen LogP contribution in [-0.4, -0.2) is 69.0 Å². The van der Waals surface area contributed by atoms with E-state index in [1.54, 1.807) is 26.2 Å². The first-order valence-electron chi connectivity index (χ1n) is 12.4. The van der Waals surface area contributed by atoms with Gasteiger partial charge >= 0.3 is 5.97 Å². The second kappa shape index (κ2) is 12.8. The fraction of sp³-hybridized carbons (Fsp3) is 0.692. The molecular weight excluding hydrogens is 438 g/mol. The van der Waals surface area contributed by atoms with Crippen molar-refractivity contribution in [3.05, 3.63) is 17.7 Å². The highest BCUT2D eigenvalue weighted by molar-refractivity contribution is 5.89. The zero-order valence-corrected chi connectivity index (χ0v) is 20.7. The van der Waals surface area contributed by atoms with Crippen LogP contribution < -0.4 is 14.2 Å². The van der Waals surface area contributed by atoms with Crippen molar-refractivity contribution in [2.24, 2.45) is 5.92 Å². The number of carbonyl (C=O) groups is 2. The number of likely N-dealkylation sites (tertiary alicyclic amines) is 1. The van der Waals surface area contributed by atoms with Crippen molar-refractivity contribution in [2.75, 3.05) is 41.1 Å². The number of aliphatic hydroxyl groups excluding tert-OH is 1. The topological polar surface area (TPSA) is 94.5 Å². The Morgan fingerprint density at radius 1 is 0.971 bits per heavy atom. The van der Waals surface area contributed by atoms with Crippen molar-refractivity contribution in [3.8, 4) is 17.2 Å². The van der Waals surface area contributed by atoms with Gasteiger partial charge in [0.1, 0.15) is 6.04 Å². The molecule has 2 fully saturated rings. The van der Waals surface area contributed by atoms with E-state index < -0.39 is 12.0 Å². The third-order valence-electron chi connectivity index (χ3n) is 7.04. The van der Waals surface area contributed by atoms with Crippen LogP contribution in [0.2, 0.25) is 0 Å². The highest BCUT2D eigenvalue weighted by Gasteiger charge is 2.40. The summed E-state index contributed by atoms with van der Waals surface area (Å²) in [6.07, 6.45) is 8.01. The predicted molar refractivity (Wildman–Crippen MR) is 127 cm³/mol. The SMILES string of the molecule is COc1cc(C(C(=O)N2CCCCC2C(=O)OCCCO)C2CCCCC2)cc(OC)c1OC. The van der Waals surface area contributed by atoms with Crippen molar-refractivity contribution in [3.63, 3.8) is 0 Å². The number of hydrogen-bond donors (Lipinski definition) is 1. The van der Waals surface area contributed by atoms with Gasteiger partial charge < -0.3 is 29.0 Å². The average Bonchev–Trinajstić information content (AvgIpc) is 2.88. The number of nitrogens with zero attached hydrogens (tertiary/aromatic N) is 1. The summed E-state index contributed by atoms with van der Waals surface area (Å²) in [6, 6.07) is 3.15. The van der Waals surface area contributed by atoms with E-state index in [-0.39, 0.29) is 31.0 Å². The Labute approximate surface area is 202 Å². The van der Waals surface area contributed by atoms with Crippen LogP contribution in [0.1, 0.15) is 69.3 Å². The number of piperidine rings is 1. The van der Waals surface area contributed by atoms with Crippen LogP contribution in [-0.2, 0) is 14.3 Å². The maximum absolute atomic E-state index is 14.2. The molecule has 0 aromatic heterocycles. The fourth-order valence-corrected chi connectivity index (χ4v) is 5.32. The number of hydrogen-bond acceptors (Lipinski definition) is 7. The van der Waals surface area contributed by atoms with Gasteiger partial charge in [-0.25, -0.2) is 4.79 Å². The molecule has 2 atom stereocenters. The van der Waals surface area contributed by atoms with Gasteiger partial charge in [0, 0.05) is 19.6 Å². The summed E-state index contributed by atoms with van der Waals surface area (Å²) in [4.78, 5) is 28.7. The van der Waals surface area contributed by atoms with Gasteiger partial charge in [-0.05, 0) is 55.7 Å². The highest BCUT2D eigenvalue weighted by atomic mass is 16.5. The molecule has 1 amide bonds. The molecule has 1 aliphatic carbocycles. The third kappa shape index (κ3) is 5.95. The van der Waals surface area contributed by atoms with Crippen molar-refractivity contribution in [1.82, 2.24) is 4.90 Å². The number of carbonyl (C=O) groups excluding carboxylic acids is 2. The molecular formula is C26H39NO7. The van der Waals surface area contributed by atoms with Gasteiger partial charge in [0.15, 0.2) is 11.5 Å². The minimum atomic E-state index is -0.590. The number of esters is 1. The van der Waals surface area contributed by atoms with Crippen LogP contribution in [0.3, 0.4) is 0 Å². The molecule has 2 unspecified atom stereocenters. The molecule has 0 radical (unpaired) electrons. The van der Waals surface area contributed by atoms with Crippen LogP contribution in [0.25, 0.3) is 0 Å². The molecule has 1 aliphatic heterocycles. The first kappa shape index (κ1) is 26.1. The molecule has 190 valence electrons. The monoisotopic (exact) mass is 477 g/mol. The normalized spacial score (nSPS) is 19.9. The standard InChI is InChI=1S/C26H39NO7/c1-31-21-16-19(17-22(32-2)24(21)33-3)23(18-10-5-4-6-11-18)25(29)27-13-8-7-12-20(27)26(30)34-15-9-14-28/h16-18,20,23,28H,4-15H2,1-3H3. The first-order valence-corrected chi connectivity index (χ1v) is 12.4. The largest absolute Gasteiger partial charge is 0.493 e. The number of methoxy groups -OCH3 is 3. The minimum Gasteiger partial charge on any atom is -0.493 e. The summed E-state index contributed by atoms with van der Waals surface area (Å²) in [7, 11) is 4.70. The van der Waals surface area contributed by atoms with E-state index in [1.807, 2.05) is 12.1 Å². The molecule has 34 heavy (non-hydrogen) atoms. The summed E-state index contributed by atoms with van der Waals surface area (Å²) in [6.45, 7) is 0.657. The lowest BCUT2D eigenvalue weighted by molar-refractivity contribution is -0.158. The lowest BCUT2D eigenvalue weighted by Crippen LogP contribution is -2.51. The van der Waals surface area contributed by atoms with Crippen molar-refractivity contribution >= 4 is 11.9 Å². The number of aliphatic hydroxyl groups is 1. The van der Waals surface area contributed by atoms with Crippen LogP contribution >= 0.6 is 0 Å². The molecule has 1 aromatic carbocycles. The van der Waals surface area contributed by atoms with E-state index in [0.29, 0.717) is 36.6 Å². The minimum absolute atomic E-state index is 0.0362. The summed E-state index contributed by atoms with van der Waals surface area (Å²) < 4.78 is 22.0. The van der Waals surface area contributed by atoms with E-state index in [2.05, 4.69) is 0 Å². The van der Waals surface area contributed by atoms with E-state index in [9.17, 15) is 9.59 Å². The van der Waals surface area contributed by atoms with Crippen LogP contribution in [0.5, 0.6) is 17.2 Å². The van der Waals surface area contributed by atoms with Crippen molar-refractivity contribution < 1.29 is 33.6 Å². The van der Waals surface area contributed by atoms with Crippen LogP contribution in [0.15, 0.2) is 12.1 Å². The molecule has 0 spiro atoms. The van der Waals surface area contributed by atoms with Crippen LogP contribution in [0.4, 0.5) is 0 Å². The highest BCUT2D eigenvalue weighted by Crippen LogP contribution is 2.45. The molecule has 8 nitrogen and oxygen atoms in total. The van der Waals surface area contributed by atoms with E-state index in [0.717, 1.165) is 44.1 Å². The molecule has 1 N–H and O–H groups in total. The zero-order chi connectivity index (χ0) is 24.5. The second-order valence-electron chi connectivity index (χ2n) is 9.12. The van der Waals surface area contributed by atoms with Gasteiger partial charge in [-0.3, -0.25) is 4.79 Å². The fourth-order valence-electron chi connectivity index (χ4n) is 5.32. The summed E-state index contributed by atoms with van der Waals surface area (Å²) >= 11 is 0.